The summed E-state index contributed by atoms with van der Waals surface area (Å²) < 4.78 is 0. The molecule has 2 nitrogen and oxygen atoms in total. The average molecular weight is 200 g/mol. The first-order chi connectivity index (χ1) is 7.16. The van der Waals surface area contributed by atoms with Gasteiger partial charge in [0.25, 0.3) is 0 Å². The van der Waals surface area contributed by atoms with Gasteiger partial charge in [0, 0.05) is 0 Å². The summed E-state index contributed by atoms with van der Waals surface area (Å²) in [5, 5.41) is 0. The van der Waals surface area contributed by atoms with E-state index in [0.717, 1.165) is 11.5 Å². The molecule has 2 aromatic rings. The molecule has 1 aromatic carbocycles. The van der Waals surface area contributed by atoms with Crippen molar-refractivity contribution >= 4 is 0 Å². The number of aryl methyl sites for hydroxylation is 1. The molecule has 0 unspecified atom stereocenters. The normalized spacial score (nSPS) is 10.9. The van der Waals surface area contributed by atoms with Crippen LogP contribution in [0.4, 0.5) is 0 Å². The molecule has 1 heterocycles. The smallest absolute Gasteiger partial charge is 0.103 e. The van der Waals surface area contributed by atoms with Crippen LogP contribution in [0.25, 0.3) is 11.3 Å². The van der Waals surface area contributed by atoms with Crippen LogP contribution in [0.1, 0.15) is 31.2 Å². The van der Waals surface area contributed by atoms with E-state index < -0.39 is 0 Å². The van der Waals surface area contributed by atoms with Gasteiger partial charge in [-0.05, 0) is 24.0 Å². The largest absolute Gasteiger partial charge is 0.342 e. The summed E-state index contributed by atoms with van der Waals surface area (Å²) in [5.41, 5.74) is 3.65. The molecule has 0 aliphatic rings. The maximum atomic E-state index is 4.19. The van der Waals surface area contributed by atoms with Crippen LogP contribution in [0.5, 0.6) is 0 Å². The van der Waals surface area contributed by atoms with E-state index in [1.54, 1.807) is 0 Å². The van der Waals surface area contributed by atoms with E-state index in [2.05, 4.69) is 48.1 Å². The summed E-state index contributed by atoms with van der Waals surface area (Å²) in [6.45, 7) is 6.37. The van der Waals surface area contributed by atoms with Gasteiger partial charge < -0.3 is 4.98 Å². The van der Waals surface area contributed by atoms with Crippen LogP contribution >= 0.6 is 0 Å². The zero-order valence-corrected chi connectivity index (χ0v) is 9.41. The van der Waals surface area contributed by atoms with Crippen molar-refractivity contribution < 1.29 is 0 Å². The van der Waals surface area contributed by atoms with E-state index in [9.17, 15) is 0 Å². The van der Waals surface area contributed by atoms with Crippen LogP contribution in [-0.4, -0.2) is 9.97 Å². The molecule has 0 fully saturated rings. The Bertz CT molecular complexity index is 438. The Balaban J connectivity index is 2.31. The van der Waals surface area contributed by atoms with E-state index in [0.29, 0.717) is 5.92 Å². The van der Waals surface area contributed by atoms with Crippen LogP contribution in [0.15, 0.2) is 30.5 Å². The third-order valence-electron chi connectivity index (χ3n) is 2.59. The van der Waals surface area contributed by atoms with Gasteiger partial charge in [0.15, 0.2) is 0 Å². The minimum absolute atomic E-state index is 0.586. The first-order valence-corrected chi connectivity index (χ1v) is 5.29. The monoisotopic (exact) mass is 200 g/mol. The van der Waals surface area contributed by atoms with Crippen LogP contribution in [-0.2, 0) is 0 Å². The van der Waals surface area contributed by atoms with Crippen molar-refractivity contribution in [2.45, 2.75) is 26.7 Å². The second kappa shape index (κ2) is 3.89. The molecular weight excluding hydrogens is 184 g/mol. The van der Waals surface area contributed by atoms with Crippen molar-refractivity contribution in [3.8, 4) is 11.3 Å². The number of nitrogens with one attached hydrogen (secondary N) is 1. The molecule has 1 aromatic heterocycles. The number of H-pyrrole nitrogens is 1. The van der Waals surface area contributed by atoms with Gasteiger partial charge in [0.05, 0.1) is 11.9 Å². The lowest BCUT2D eigenvalue weighted by molar-refractivity contribution is 0.867. The van der Waals surface area contributed by atoms with Crippen LogP contribution < -0.4 is 0 Å². The number of benzene rings is 1. The van der Waals surface area contributed by atoms with Gasteiger partial charge in [0.1, 0.15) is 5.82 Å². The van der Waals surface area contributed by atoms with E-state index in [-0.39, 0.29) is 0 Å². The molecule has 0 amide bonds. The number of aromatic amines is 1. The minimum Gasteiger partial charge on any atom is -0.342 e. The number of aromatic nitrogens is 2. The molecule has 1 N–H and O–H groups in total. The number of hydrogen-bond donors (Lipinski definition) is 1. The Morgan fingerprint density at radius 1 is 1.13 bits per heavy atom. The molecular formula is C13H16N2. The number of hydrogen-bond acceptors (Lipinski definition) is 1. The molecule has 0 saturated heterocycles. The molecule has 0 spiro atoms. The molecule has 0 aliphatic carbocycles. The van der Waals surface area contributed by atoms with E-state index in [4.69, 9.17) is 0 Å². The van der Waals surface area contributed by atoms with Crippen molar-refractivity contribution in [1.29, 1.82) is 0 Å². The maximum Gasteiger partial charge on any atom is 0.103 e. The lowest BCUT2D eigenvalue weighted by Gasteiger charge is -2.05. The van der Waals surface area contributed by atoms with Crippen molar-refractivity contribution in [2.24, 2.45) is 0 Å². The summed E-state index contributed by atoms with van der Waals surface area (Å²) >= 11 is 0. The van der Waals surface area contributed by atoms with E-state index in [1.807, 2.05) is 13.1 Å². The van der Waals surface area contributed by atoms with E-state index >= 15 is 0 Å². The van der Waals surface area contributed by atoms with Crippen molar-refractivity contribution in [1.82, 2.24) is 9.97 Å². The number of imidazole rings is 1. The second-order valence-electron chi connectivity index (χ2n) is 4.16. The van der Waals surface area contributed by atoms with Crippen molar-refractivity contribution in [2.75, 3.05) is 0 Å². The van der Waals surface area contributed by atoms with Gasteiger partial charge in [-0.15, -0.1) is 0 Å². The van der Waals surface area contributed by atoms with Gasteiger partial charge in [-0.2, -0.15) is 0 Å². The van der Waals surface area contributed by atoms with Gasteiger partial charge in [-0.25, -0.2) is 4.98 Å². The summed E-state index contributed by atoms with van der Waals surface area (Å²) in [7, 11) is 0. The lowest BCUT2D eigenvalue weighted by atomic mass is 10.0. The highest BCUT2D eigenvalue weighted by atomic mass is 14.9. The lowest BCUT2D eigenvalue weighted by Crippen LogP contribution is -1.86. The summed E-state index contributed by atoms with van der Waals surface area (Å²) in [5.74, 6) is 1.54. The molecule has 0 atom stereocenters. The molecule has 0 bridgehead atoms. The van der Waals surface area contributed by atoms with Crippen molar-refractivity contribution in [3.05, 3.63) is 41.9 Å². The minimum atomic E-state index is 0.586. The van der Waals surface area contributed by atoms with Crippen LogP contribution in [0.2, 0.25) is 0 Å². The molecule has 0 saturated carbocycles. The molecule has 2 heteroatoms. The van der Waals surface area contributed by atoms with Gasteiger partial charge in [0.2, 0.25) is 0 Å². The molecule has 0 aliphatic heterocycles. The third-order valence-corrected chi connectivity index (χ3v) is 2.59. The first kappa shape index (κ1) is 9.97. The molecule has 2 rings (SSSR count). The fraction of sp³-hybridized carbons (Fsp3) is 0.308. The molecule has 78 valence electrons. The highest BCUT2D eigenvalue weighted by Gasteiger charge is 2.02. The zero-order chi connectivity index (χ0) is 10.8. The summed E-state index contributed by atoms with van der Waals surface area (Å²) in [6.07, 6.45) is 1.87. The van der Waals surface area contributed by atoms with Gasteiger partial charge in [-0.1, -0.05) is 38.1 Å². The molecule has 15 heavy (non-hydrogen) atoms. The SMILES string of the molecule is Cc1ncc(-c2ccc(C(C)C)cc2)[nH]1. The quantitative estimate of drug-likeness (QED) is 0.789. The average Bonchev–Trinajstić information content (AvgIpc) is 2.65. The second-order valence-corrected chi connectivity index (χ2v) is 4.16. The van der Waals surface area contributed by atoms with E-state index in [1.165, 1.54) is 11.1 Å². The highest BCUT2D eigenvalue weighted by Crippen LogP contribution is 2.20. The Kier molecular flexibility index (Phi) is 2.58. The van der Waals surface area contributed by atoms with Gasteiger partial charge in [-0.3, -0.25) is 0 Å². The molecule has 0 radical (unpaired) electrons. The summed E-state index contributed by atoms with van der Waals surface area (Å²) in [6, 6.07) is 8.64. The highest BCUT2D eigenvalue weighted by molar-refractivity contribution is 5.58. The third kappa shape index (κ3) is 2.09. The Hall–Kier alpha value is -1.57. The fourth-order valence-electron chi connectivity index (χ4n) is 1.62. The first-order valence-electron chi connectivity index (χ1n) is 5.29. The topological polar surface area (TPSA) is 28.7 Å². The Morgan fingerprint density at radius 2 is 1.80 bits per heavy atom. The Morgan fingerprint density at radius 3 is 2.27 bits per heavy atom. The standard InChI is InChI=1S/C13H16N2/c1-9(2)11-4-6-12(7-5-11)13-8-14-10(3)15-13/h4-9H,1-3H3,(H,14,15). The van der Waals surface area contributed by atoms with Crippen LogP contribution in [0.3, 0.4) is 0 Å². The number of rotatable bonds is 2. The fourth-order valence-corrected chi connectivity index (χ4v) is 1.62. The van der Waals surface area contributed by atoms with Crippen LogP contribution in [0, 0.1) is 6.92 Å². The summed E-state index contributed by atoms with van der Waals surface area (Å²) in [4.78, 5) is 7.42. The Labute approximate surface area is 90.4 Å². The van der Waals surface area contributed by atoms with Crippen molar-refractivity contribution in [3.63, 3.8) is 0 Å². The zero-order valence-electron chi connectivity index (χ0n) is 9.41. The predicted molar refractivity (Wildman–Crippen MR) is 62.8 cm³/mol. The predicted octanol–water partition coefficient (Wildman–Crippen LogP) is 3.51. The maximum absolute atomic E-state index is 4.19. The number of nitrogens with zero attached hydrogens (tertiary/aromatic N) is 1. The van der Waals surface area contributed by atoms with Gasteiger partial charge >= 0.3 is 0 Å².